The van der Waals surface area contributed by atoms with Crippen molar-refractivity contribution in [2.45, 2.75) is 19.5 Å². The van der Waals surface area contributed by atoms with Gasteiger partial charge in [0, 0.05) is 16.9 Å². The maximum Gasteiger partial charge on any atom is 0.396 e. The van der Waals surface area contributed by atoms with E-state index in [0.29, 0.717) is 5.56 Å². The minimum atomic E-state index is -4.52. The van der Waals surface area contributed by atoms with Gasteiger partial charge in [0.2, 0.25) is 0 Å². The molecular weight excluding hydrogens is 221 g/mol. The van der Waals surface area contributed by atoms with E-state index in [-0.39, 0.29) is 16.9 Å². The van der Waals surface area contributed by atoms with Crippen molar-refractivity contribution < 1.29 is 18.0 Å². The number of ketones is 1. The molecule has 3 nitrogen and oxygen atoms in total. The molecule has 1 aromatic rings. The second-order valence-electron chi connectivity index (χ2n) is 3.49. The van der Waals surface area contributed by atoms with Gasteiger partial charge >= 0.3 is 6.18 Å². The first-order valence-electron chi connectivity index (χ1n) is 4.46. The van der Waals surface area contributed by atoms with Crippen molar-refractivity contribution in [3.8, 4) is 0 Å². The Morgan fingerprint density at radius 2 is 1.69 bits per heavy atom. The Morgan fingerprint density at radius 3 is 2.06 bits per heavy atom. The summed E-state index contributed by atoms with van der Waals surface area (Å²) < 4.78 is 36.0. The molecule has 0 aliphatic rings. The average Bonchev–Trinajstić information content (AvgIpc) is 2.10. The van der Waals surface area contributed by atoms with Crippen LogP contribution in [0.1, 0.15) is 22.3 Å². The van der Waals surface area contributed by atoms with E-state index in [1.165, 1.54) is 12.1 Å². The van der Waals surface area contributed by atoms with Gasteiger partial charge in [0.1, 0.15) is 6.42 Å². The van der Waals surface area contributed by atoms with Crippen LogP contribution < -0.4 is 11.5 Å². The molecule has 4 N–H and O–H groups in total. The Bertz CT molecular complexity index is 404. The lowest BCUT2D eigenvalue weighted by Crippen LogP contribution is -2.15. The van der Waals surface area contributed by atoms with Crippen LogP contribution in [0.4, 0.5) is 24.5 Å². The molecule has 1 rings (SSSR count). The monoisotopic (exact) mass is 232 g/mol. The van der Waals surface area contributed by atoms with Crippen LogP contribution in [0.2, 0.25) is 0 Å². The number of nitrogens with two attached hydrogens (primary N) is 2. The van der Waals surface area contributed by atoms with Crippen LogP contribution in [0.25, 0.3) is 0 Å². The average molecular weight is 232 g/mol. The van der Waals surface area contributed by atoms with Crippen LogP contribution in [0.5, 0.6) is 0 Å². The molecule has 0 aromatic heterocycles. The zero-order chi connectivity index (χ0) is 12.5. The highest BCUT2D eigenvalue weighted by Gasteiger charge is 2.31. The molecule has 0 fully saturated rings. The number of Topliss-reactive ketones (excluding diaryl/α,β-unsaturated/α-hetero) is 1. The lowest BCUT2D eigenvalue weighted by molar-refractivity contribution is -0.125. The number of benzene rings is 1. The highest BCUT2D eigenvalue weighted by atomic mass is 19.4. The van der Waals surface area contributed by atoms with Crippen molar-refractivity contribution in [1.82, 2.24) is 0 Å². The van der Waals surface area contributed by atoms with Gasteiger partial charge in [-0.2, -0.15) is 13.2 Å². The summed E-state index contributed by atoms with van der Waals surface area (Å²) in [5.41, 5.74) is 11.9. The molecule has 0 bridgehead atoms. The van der Waals surface area contributed by atoms with Gasteiger partial charge in [0.15, 0.2) is 5.78 Å². The molecular formula is C10H11F3N2O. The molecule has 1 aromatic carbocycles. The van der Waals surface area contributed by atoms with Crippen LogP contribution >= 0.6 is 0 Å². The van der Waals surface area contributed by atoms with E-state index in [2.05, 4.69) is 0 Å². The van der Waals surface area contributed by atoms with Crippen LogP contribution in [0.15, 0.2) is 12.1 Å². The third-order valence-electron chi connectivity index (χ3n) is 2.17. The Morgan fingerprint density at radius 1 is 1.25 bits per heavy atom. The molecule has 0 amide bonds. The summed E-state index contributed by atoms with van der Waals surface area (Å²) >= 11 is 0. The van der Waals surface area contributed by atoms with Crippen molar-refractivity contribution >= 4 is 17.2 Å². The number of hydrogen-bond acceptors (Lipinski definition) is 3. The molecule has 16 heavy (non-hydrogen) atoms. The molecule has 0 aliphatic carbocycles. The first kappa shape index (κ1) is 12.4. The van der Waals surface area contributed by atoms with Crippen molar-refractivity contribution in [1.29, 1.82) is 0 Å². The number of carbonyl (C=O) groups excluding carboxylic acids is 1. The Kier molecular flexibility index (Phi) is 3.11. The minimum Gasteiger partial charge on any atom is -0.398 e. The Hall–Kier alpha value is -1.72. The molecule has 0 unspecified atom stereocenters. The predicted molar refractivity (Wildman–Crippen MR) is 55.0 cm³/mol. The van der Waals surface area contributed by atoms with Crippen LogP contribution in [-0.2, 0) is 0 Å². The molecule has 0 saturated carbocycles. The molecule has 6 heteroatoms. The number of alkyl halides is 3. The molecule has 0 aliphatic heterocycles. The van der Waals surface area contributed by atoms with E-state index in [1.807, 2.05) is 0 Å². The zero-order valence-electron chi connectivity index (χ0n) is 8.56. The highest BCUT2D eigenvalue weighted by molar-refractivity contribution is 5.98. The normalized spacial score (nSPS) is 11.5. The first-order chi connectivity index (χ1) is 7.20. The van der Waals surface area contributed by atoms with E-state index in [0.717, 1.165) is 0 Å². The zero-order valence-corrected chi connectivity index (χ0v) is 8.56. The lowest BCUT2D eigenvalue weighted by atomic mass is 10.0. The predicted octanol–water partition coefficient (Wildman–Crippen LogP) is 2.29. The van der Waals surface area contributed by atoms with Gasteiger partial charge in [-0.3, -0.25) is 4.79 Å². The molecule has 88 valence electrons. The van der Waals surface area contributed by atoms with Gasteiger partial charge in [0.25, 0.3) is 0 Å². The fourth-order valence-electron chi connectivity index (χ4n) is 1.21. The van der Waals surface area contributed by atoms with Crippen molar-refractivity contribution in [3.05, 3.63) is 23.3 Å². The van der Waals surface area contributed by atoms with Crippen LogP contribution in [0.3, 0.4) is 0 Å². The van der Waals surface area contributed by atoms with E-state index >= 15 is 0 Å². The number of anilines is 2. The van der Waals surface area contributed by atoms with Gasteiger partial charge in [-0.25, -0.2) is 0 Å². The second kappa shape index (κ2) is 4.03. The number of nitrogen functional groups attached to an aromatic ring is 2. The summed E-state index contributed by atoms with van der Waals surface area (Å²) in [7, 11) is 0. The minimum absolute atomic E-state index is 0.113. The van der Waals surface area contributed by atoms with Gasteiger partial charge in [-0.05, 0) is 24.6 Å². The standard InChI is InChI=1S/C10H11F3N2O/c1-5-7(14)2-6(3-8(5)15)9(16)4-10(11,12)13/h2-3H,4,14-15H2,1H3. The third kappa shape index (κ3) is 2.88. The third-order valence-corrected chi connectivity index (χ3v) is 2.17. The van der Waals surface area contributed by atoms with Gasteiger partial charge in [-0.1, -0.05) is 0 Å². The maximum absolute atomic E-state index is 12.0. The van der Waals surface area contributed by atoms with Gasteiger partial charge < -0.3 is 11.5 Å². The summed E-state index contributed by atoms with van der Waals surface area (Å²) in [5, 5.41) is 0. The summed E-state index contributed by atoms with van der Waals surface area (Å²) in [4.78, 5) is 11.2. The number of hydrogen-bond donors (Lipinski definition) is 2. The van der Waals surface area contributed by atoms with Gasteiger partial charge in [0.05, 0.1) is 0 Å². The van der Waals surface area contributed by atoms with Crippen LogP contribution in [-0.4, -0.2) is 12.0 Å². The number of halogens is 3. The second-order valence-corrected chi connectivity index (χ2v) is 3.49. The lowest BCUT2D eigenvalue weighted by Gasteiger charge is -2.09. The maximum atomic E-state index is 12.0. The van der Waals surface area contributed by atoms with Crippen LogP contribution in [0, 0.1) is 6.92 Å². The highest BCUT2D eigenvalue weighted by Crippen LogP contribution is 2.26. The van der Waals surface area contributed by atoms with Gasteiger partial charge in [-0.15, -0.1) is 0 Å². The van der Waals surface area contributed by atoms with E-state index in [4.69, 9.17) is 11.5 Å². The van der Waals surface area contributed by atoms with Crippen molar-refractivity contribution in [2.75, 3.05) is 11.5 Å². The van der Waals surface area contributed by atoms with E-state index in [9.17, 15) is 18.0 Å². The summed E-state index contributed by atoms with van der Waals surface area (Å²) in [6, 6.07) is 2.42. The fourth-order valence-corrected chi connectivity index (χ4v) is 1.21. The summed E-state index contributed by atoms with van der Waals surface area (Å²) in [6.07, 6.45) is -6.03. The summed E-state index contributed by atoms with van der Waals surface area (Å²) in [6.45, 7) is 1.63. The first-order valence-corrected chi connectivity index (χ1v) is 4.46. The van der Waals surface area contributed by atoms with Crippen molar-refractivity contribution in [3.63, 3.8) is 0 Å². The summed E-state index contributed by atoms with van der Waals surface area (Å²) in [5.74, 6) is -1.04. The van der Waals surface area contributed by atoms with E-state index in [1.54, 1.807) is 6.92 Å². The number of carbonyl (C=O) groups is 1. The smallest absolute Gasteiger partial charge is 0.396 e. The SMILES string of the molecule is Cc1c(N)cc(C(=O)CC(F)(F)F)cc1N. The molecule has 0 spiro atoms. The topological polar surface area (TPSA) is 69.1 Å². The molecule has 0 atom stereocenters. The Labute approximate surface area is 90.2 Å². The largest absolute Gasteiger partial charge is 0.398 e. The molecule has 0 saturated heterocycles. The number of rotatable bonds is 2. The van der Waals surface area contributed by atoms with E-state index < -0.39 is 18.4 Å². The van der Waals surface area contributed by atoms with Crippen molar-refractivity contribution in [2.24, 2.45) is 0 Å². The molecule has 0 radical (unpaired) electrons. The quantitative estimate of drug-likeness (QED) is 0.607. The Balaban J connectivity index is 3.02. The molecule has 0 heterocycles. The fraction of sp³-hybridized carbons (Fsp3) is 0.300.